The van der Waals surface area contributed by atoms with E-state index in [4.69, 9.17) is 29.9 Å². The van der Waals surface area contributed by atoms with E-state index >= 15 is 0 Å². The number of nitrogens with zero attached hydrogens (tertiary/aromatic N) is 9. The summed E-state index contributed by atoms with van der Waals surface area (Å²) in [6.45, 7) is 4.62. The number of imidazole rings is 1. The Morgan fingerprint density at radius 3 is 2.92 bits per heavy atom. The van der Waals surface area contributed by atoms with Crippen molar-refractivity contribution in [3.05, 3.63) is 54.1 Å². The number of aromatic nitrogens is 8. The minimum atomic E-state index is -0.781. The van der Waals surface area contributed by atoms with E-state index in [0.717, 1.165) is 5.69 Å². The molecule has 0 aromatic carbocycles. The SMILES string of the molecule is CC1(C)O[C@@H]2[C@H](O1)[C@@H](COCc1cn(Cc3cccc(/C=N\O)n3)nn1)O[C@H]2n1cnc2c(N)ncnc21. The van der Waals surface area contributed by atoms with Crippen molar-refractivity contribution in [1.29, 1.82) is 0 Å². The van der Waals surface area contributed by atoms with E-state index in [0.29, 0.717) is 34.9 Å². The largest absolute Gasteiger partial charge is 0.411 e. The number of hydrogen-bond acceptors (Lipinski definition) is 13. The summed E-state index contributed by atoms with van der Waals surface area (Å²) in [4.78, 5) is 17.1. The molecule has 4 aromatic rings. The highest BCUT2D eigenvalue weighted by Gasteiger charge is 2.56. The smallest absolute Gasteiger partial charge is 0.167 e. The number of anilines is 1. The summed E-state index contributed by atoms with van der Waals surface area (Å²) in [5.41, 5.74) is 8.95. The van der Waals surface area contributed by atoms with Crippen LogP contribution in [0.5, 0.6) is 0 Å². The zero-order chi connectivity index (χ0) is 26.3. The van der Waals surface area contributed by atoms with Gasteiger partial charge in [-0.2, -0.15) is 0 Å². The zero-order valence-corrected chi connectivity index (χ0v) is 20.7. The van der Waals surface area contributed by atoms with Crippen LogP contribution in [0.3, 0.4) is 0 Å². The lowest BCUT2D eigenvalue weighted by atomic mass is 10.1. The Labute approximate surface area is 216 Å². The summed E-state index contributed by atoms with van der Waals surface area (Å²) in [7, 11) is 0. The predicted molar refractivity (Wildman–Crippen MR) is 130 cm³/mol. The summed E-state index contributed by atoms with van der Waals surface area (Å²) in [6.07, 6.45) is 4.37. The number of pyridine rings is 1. The monoisotopic (exact) mass is 522 g/mol. The van der Waals surface area contributed by atoms with Gasteiger partial charge in [0.05, 0.1) is 49.9 Å². The summed E-state index contributed by atoms with van der Waals surface area (Å²) in [5, 5.41) is 20.0. The van der Waals surface area contributed by atoms with Crippen LogP contribution in [0.2, 0.25) is 0 Å². The average molecular weight is 523 g/mol. The van der Waals surface area contributed by atoms with Crippen molar-refractivity contribution in [1.82, 2.24) is 39.5 Å². The van der Waals surface area contributed by atoms with Crippen LogP contribution in [-0.2, 0) is 32.1 Å². The highest BCUT2D eigenvalue weighted by Crippen LogP contribution is 2.43. The van der Waals surface area contributed by atoms with Crippen LogP contribution >= 0.6 is 0 Å². The second-order valence-electron chi connectivity index (χ2n) is 9.43. The van der Waals surface area contributed by atoms with Crippen LogP contribution in [0.4, 0.5) is 5.82 Å². The van der Waals surface area contributed by atoms with Crippen LogP contribution < -0.4 is 5.73 Å². The summed E-state index contributed by atoms with van der Waals surface area (Å²) < 4.78 is 28.1. The molecule has 0 radical (unpaired) electrons. The Balaban J connectivity index is 1.11. The first-order valence-electron chi connectivity index (χ1n) is 11.9. The summed E-state index contributed by atoms with van der Waals surface area (Å²) in [6, 6.07) is 5.42. The lowest BCUT2D eigenvalue weighted by Crippen LogP contribution is -2.32. The summed E-state index contributed by atoms with van der Waals surface area (Å²) in [5.74, 6) is -0.487. The minimum absolute atomic E-state index is 0.231. The second kappa shape index (κ2) is 9.68. The molecule has 2 aliphatic rings. The average Bonchev–Trinajstić information content (AvgIpc) is 3.64. The van der Waals surface area contributed by atoms with Crippen LogP contribution in [0, 0.1) is 0 Å². The third-order valence-corrected chi connectivity index (χ3v) is 6.25. The molecule has 0 saturated carbocycles. The highest BCUT2D eigenvalue weighted by molar-refractivity contribution is 5.81. The summed E-state index contributed by atoms with van der Waals surface area (Å²) >= 11 is 0. The molecule has 0 amide bonds. The zero-order valence-electron chi connectivity index (χ0n) is 20.7. The van der Waals surface area contributed by atoms with Crippen LogP contribution in [0.25, 0.3) is 11.2 Å². The van der Waals surface area contributed by atoms with Gasteiger partial charge in [-0.1, -0.05) is 16.4 Å². The predicted octanol–water partition coefficient (Wildman–Crippen LogP) is 0.886. The van der Waals surface area contributed by atoms with E-state index in [9.17, 15) is 0 Å². The van der Waals surface area contributed by atoms with Gasteiger partial charge in [0, 0.05) is 0 Å². The van der Waals surface area contributed by atoms with E-state index in [2.05, 4.69) is 35.4 Å². The number of ether oxygens (including phenoxy) is 4. The fourth-order valence-electron chi connectivity index (χ4n) is 4.72. The molecule has 3 N–H and O–H groups in total. The second-order valence-corrected chi connectivity index (χ2v) is 9.43. The third-order valence-electron chi connectivity index (χ3n) is 6.25. The number of fused-ring (bicyclic) bond motifs is 2. The van der Waals surface area contributed by atoms with Gasteiger partial charge in [0.2, 0.25) is 0 Å². The van der Waals surface area contributed by atoms with Gasteiger partial charge in [-0.25, -0.2) is 24.6 Å². The molecule has 15 nitrogen and oxygen atoms in total. The van der Waals surface area contributed by atoms with Crippen molar-refractivity contribution in [2.75, 3.05) is 12.3 Å². The van der Waals surface area contributed by atoms with Crippen LogP contribution in [-0.4, -0.2) is 81.6 Å². The van der Waals surface area contributed by atoms with Gasteiger partial charge in [0.25, 0.3) is 0 Å². The molecule has 2 aliphatic heterocycles. The van der Waals surface area contributed by atoms with E-state index in [1.807, 2.05) is 26.0 Å². The molecule has 0 bridgehead atoms. The molecule has 0 aliphatic carbocycles. The number of oxime groups is 1. The molecule has 6 rings (SSSR count). The fourth-order valence-corrected chi connectivity index (χ4v) is 4.72. The van der Waals surface area contributed by atoms with Crippen molar-refractivity contribution in [3.8, 4) is 0 Å². The topological polar surface area (TPSA) is 183 Å². The number of nitrogen functional groups attached to an aromatic ring is 1. The third kappa shape index (κ3) is 4.67. The van der Waals surface area contributed by atoms with Gasteiger partial charge in [-0.05, 0) is 26.0 Å². The Hall–Kier alpha value is -4.05. The molecule has 0 spiro atoms. The van der Waals surface area contributed by atoms with Crippen LogP contribution in [0.15, 0.2) is 42.2 Å². The van der Waals surface area contributed by atoms with Gasteiger partial charge < -0.3 is 29.9 Å². The van der Waals surface area contributed by atoms with Gasteiger partial charge in [-0.3, -0.25) is 4.57 Å². The van der Waals surface area contributed by atoms with E-state index in [-0.39, 0.29) is 19.3 Å². The molecule has 4 aromatic heterocycles. The molecule has 2 fully saturated rings. The van der Waals surface area contributed by atoms with E-state index in [1.165, 1.54) is 12.5 Å². The molecule has 0 unspecified atom stereocenters. The maximum atomic E-state index is 8.71. The van der Waals surface area contributed by atoms with E-state index < -0.39 is 24.2 Å². The quantitative estimate of drug-likeness (QED) is 0.190. The molecule has 2 saturated heterocycles. The molecular weight excluding hydrogens is 496 g/mol. The van der Waals surface area contributed by atoms with Crippen molar-refractivity contribution in [2.24, 2.45) is 5.16 Å². The maximum absolute atomic E-state index is 8.71. The first-order valence-corrected chi connectivity index (χ1v) is 11.9. The molecule has 6 heterocycles. The maximum Gasteiger partial charge on any atom is 0.167 e. The van der Waals surface area contributed by atoms with Gasteiger partial charge in [0.1, 0.15) is 35.8 Å². The Morgan fingerprint density at radius 1 is 1.18 bits per heavy atom. The van der Waals surface area contributed by atoms with Crippen molar-refractivity contribution < 1.29 is 24.2 Å². The lowest BCUT2D eigenvalue weighted by Gasteiger charge is -2.24. The van der Waals surface area contributed by atoms with Crippen LogP contribution in [0.1, 0.15) is 37.2 Å². The van der Waals surface area contributed by atoms with Gasteiger partial charge >= 0.3 is 0 Å². The van der Waals surface area contributed by atoms with Crippen molar-refractivity contribution >= 4 is 23.2 Å². The first-order chi connectivity index (χ1) is 18.4. The Bertz CT molecular complexity index is 1470. The Kier molecular flexibility index (Phi) is 6.19. The lowest BCUT2D eigenvalue weighted by molar-refractivity contribution is -0.202. The fraction of sp³-hybridized carbons (Fsp3) is 0.435. The molecule has 15 heteroatoms. The molecule has 4 atom stereocenters. The Morgan fingerprint density at radius 2 is 2.05 bits per heavy atom. The minimum Gasteiger partial charge on any atom is -0.411 e. The van der Waals surface area contributed by atoms with Crippen molar-refractivity contribution in [2.45, 2.75) is 57.3 Å². The van der Waals surface area contributed by atoms with Crippen molar-refractivity contribution in [3.63, 3.8) is 0 Å². The highest BCUT2D eigenvalue weighted by atomic mass is 16.8. The molecular formula is C23H26N10O5. The first kappa shape index (κ1) is 24.3. The standard InChI is InChI=1S/C23H26N10O5/c1-23(2)37-18-16(36-22(19(18)38-23)33-12-27-17-20(24)25-11-26-21(17)33)10-35-9-15-8-32(31-30-15)7-14-5-3-4-13(29-14)6-28-34/h3-6,8,11-12,16,18-19,22,34H,7,9-10H2,1-2H3,(H2,24,25,26)/b28-6-/t16-,18-,19-,22-/m1/s1. The van der Waals surface area contributed by atoms with Gasteiger partial charge in [0.15, 0.2) is 23.5 Å². The number of rotatable bonds is 8. The molecule has 198 valence electrons. The number of nitrogens with two attached hydrogens (primary N) is 1. The molecule has 38 heavy (non-hydrogen) atoms. The van der Waals surface area contributed by atoms with Gasteiger partial charge in [-0.15, -0.1) is 5.10 Å². The normalized spacial score (nSPS) is 24.5. The number of hydrogen-bond donors (Lipinski definition) is 2. The van der Waals surface area contributed by atoms with E-state index in [1.54, 1.807) is 27.8 Å².